The molecule has 0 aliphatic carbocycles. The monoisotopic (exact) mass is 615 g/mol. The van der Waals surface area contributed by atoms with Crippen molar-refractivity contribution >= 4 is 45.7 Å². The van der Waals surface area contributed by atoms with E-state index in [9.17, 15) is 14.7 Å². The van der Waals surface area contributed by atoms with Gasteiger partial charge in [-0.3, -0.25) is 14.5 Å². The van der Waals surface area contributed by atoms with Crippen LogP contribution >= 0.6 is 23.1 Å². The predicted molar refractivity (Wildman–Crippen MR) is 170 cm³/mol. The molecule has 1 N–H and O–H groups in total. The van der Waals surface area contributed by atoms with E-state index in [0.29, 0.717) is 45.9 Å². The van der Waals surface area contributed by atoms with E-state index in [2.05, 4.69) is 41.4 Å². The van der Waals surface area contributed by atoms with E-state index >= 15 is 0 Å². The van der Waals surface area contributed by atoms with Gasteiger partial charge in [0.25, 0.3) is 5.78 Å². The number of rotatable bonds is 12. The van der Waals surface area contributed by atoms with Crippen molar-refractivity contribution in [2.24, 2.45) is 0 Å². The molecule has 8 nitrogen and oxygen atoms in total. The molecule has 1 aliphatic rings. The highest BCUT2D eigenvalue weighted by Crippen LogP contribution is 2.44. The van der Waals surface area contributed by atoms with Crippen LogP contribution in [-0.4, -0.2) is 40.2 Å². The van der Waals surface area contributed by atoms with Crippen LogP contribution in [0.5, 0.6) is 11.5 Å². The zero-order valence-electron chi connectivity index (χ0n) is 24.3. The Hall–Kier alpha value is -4.15. The molecule has 1 aliphatic heterocycles. The lowest BCUT2D eigenvalue weighted by Gasteiger charge is -2.22. The fourth-order valence-electron chi connectivity index (χ4n) is 4.64. The Bertz CT molecular complexity index is 1600. The normalized spacial score (nSPS) is 16.1. The van der Waals surface area contributed by atoms with Gasteiger partial charge in [-0.1, -0.05) is 78.4 Å². The van der Waals surface area contributed by atoms with Crippen molar-refractivity contribution in [3.63, 3.8) is 0 Å². The highest BCUT2D eigenvalue weighted by atomic mass is 32.2. The Morgan fingerprint density at radius 3 is 2.28 bits per heavy atom. The number of anilines is 1. The van der Waals surface area contributed by atoms with Crippen molar-refractivity contribution in [3.8, 4) is 11.5 Å². The lowest BCUT2D eigenvalue weighted by Crippen LogP contribution is -2.29. The Kier molecular flexibility index (Phi) is 9.79. The number of hydrogen-bond donors (Lipinski definition) is 1. The van der Waals surface area contributed by atoms with E-state index in [-0.39, 0.29) is 16.5 Å². The van der Waals surface area contributed by atoms with E-state index < -0.39 is 17.7 Å². The molecule has 43 heavy (non-hydrogen) atoms. The summed E-state index contributed by atoms with van der Waals surface area (Å²) in [6.45, 7) is 7.12. The number of benzene rings is 3. The van der Waals surface area contributed by atoms with Gasteiger partial charge in [0.1, 0.15) is 17.3 Å². The van der Waals surface area contributed by atoms with Crippen molar-refractivity contribution in [2.45, 2.75) is 49.7 Å². The molecule has 1 saturated heterocycles. The average Bonchev–Trinajstić information content (AvgIpc) is 3.59. The van der Waals surface area contributed by atoms with E-state index in [1.54, 1.807) is 24.3 Å². The van der Waals surface area contributed by atoms with Crippen molar-refractivity contribution < 1.29 is 24.2 Å². The molecule has 222 valence electrons. The Morgan fingerprint density at radius 2 is 1.60 bits per heavy atom. The molecule has 1 aromatic heterocycles. The number of Topliss-reactive ketones (excluding diaryl/α,β-unsaturated/α-hetero) is 1. The van der Waals surface area contributed by atoms with Crippen molar-refractivity contribution in [1.29, 1.82) is 0 Å². The van der Waals surface area contributed by atoms with Gasteiger partial charge in [-0.15, -0.1) is 10.2 Å². The second kappa shape index (κ2) is 13.9. The summed E-state index contributed by atoms with van der Waals surface area (Å²) in [5, 5.41) is 20.3. The number of aromatic nitrogens is 2. The number of thioether (sulfide) groups is 1. The molecule has 0 bridgehead atoms. The minimum atomic E-state index is -0.904. The molecule has 0 spiro atoms. The van der Waals surface area contributed by atoms with Crippen LogP contribution in [-0.2, 0) is 15.3 Å². The van der Waals surface area contributed by atoms with Crippen LogP contribution in [0.2, 0.25) is 0 Å². The van der Waals surface area contributed by atoms with E-state index in [1.165, 1.54) is 33.6 Å². The van der Waals surface area contributed by atoms with Gasteiger partial charge in [0, 0.05) is 11.3 Å². The fraction of sp³-hybridized carbons (Fsp3) is 0.273. The molecule has 0 saturated carbocycles. The Labute approximate surface area is 259 Å². The number of unbranched alkanes of at least 4 members (excludes halogenated alkanes) is 1. The molecular weight excluding hydrogens is 583 g/mol. The van der Waals surface area contributed by atoms with Gasteiger partial charge in [0.15, 0.2) is 4.34 Å². The number of carbonyl (C=O) groups is 2. The first-order valence-corrected chi connectivity index (χ1v) is 16.0. The third kappa shape index (κ3) is 6.92. The maximum absolute atomic E-state index is 13.6. The molecule has 0 radical (unpaired) electrons. The summed E-state index contributed by atoms with van der Waals surface area (Å²) in [7, 11) is 0. The van der Waals surface area contributed by atoms with E-state index in [0.717, 1.165) is 18.4 Å². The lowest BCUT2D eigenvalue weighted by molar-refractivity contribution is -0.132. The highest BCUT2D eigenvalue weighted by Gasteiger charge is 2.48. The summed E-state index contributed by atoms with van der Waals surface area (Å²) < 4.78 is 12.0. The molecule has 5 rings (SSSR count). The first kappa shape index (κ1) is 30.3. The number of aryl methyl sites for hydroxylation is 1. The van der Waals surface area contributed by atoms with E-state index in [1.807, 2.05) is 38.1 Å². The van der Waals surface area contributed by atoms with Gasteiger partial charge in [-0.05, 0) is 67.8 Å². The molecule has 1 atom stereocenters. The van der Waals surface area contributed by atoms with Crippen molar-refractivity contribution in [2.75, 3.05) is 18.1 Å². The second-order valence-corrected chi connectivity index (χ2v) is 12.2. The molecular formula is C33H33N3O5S2. The van der Waals surface area contributed by atoms with Crippen LogP contribution in [0, 0.1) is 6.92 Å². The topological polar surface area (TPSA) is 102 Å². The number of aliphatic hydroxyl groups is 1. The summed E-state index contributed by atoms with van der Waals surface area (Å²) in [6, 6.07) is 21.4. The molecule has 4 aromatic rings. The summed E-state index contributed by atoms with van der Waals surface area (Å²) in [5.74, 6) is 0.186. The standard InChI is InChI=1S/C33H33N3O5S2/c1-4-6-19-41-26-15-11-23(12-16-26)28-27(29(37)24-13-17-25(18-14-24)40-5-2)30(38)31(39)36(28)32-34-35-33(43-32)42-20-22-9-7-21(3)8-10-22/h7-18,28,37H,4-6,19-20H2,1-3H3/b29-27-. The van der Waals surface area contributed by atoms with Crippen LogP contribution in [0.3, 0.4) is 0 Å². The van der Waals surface area contributed by atoms with Gasteiger partial charge in [0.05, 0.1) is 24.8 Å². The first-order valence-electron chi connectivity index (χ1n) is 14.2. The average molecular weight is 616 g/mol. The van der Waals surface area contributed by atoms with Crippen LogP contribution in [0.15, 0.2) is 82.7 Å². The largest absolute Gasteiger partial charge is 0.507 e. The molecule has 10 heteroatoms. The zero-order valence-corrected chi connectivity index (χ0v) is 25.9. The smallest absolute Gasteiger partial charge is 0.301 e. The van der Waals surface area contributed by atoms with Crippen LogP contribution in [0.4, 0.5) is 5.13 Å². The summed E-state index contributed by atoms with van der Waals surface area (Å²) >= 11 is 2.75. The van der Waals surface area contributed by atoms with Crippen LogP contribution in [0.25, 0.3) is 5.76 Å². The number of ketones is 1. The molecule has 1 unspecified atom stereocenters. The molecule has 1 fully saturated rings. The highest BCUT2D eigenvalue weighted by molar-refractivity contribution is 8.00. The summed E-state index contributed by atoms with van der Waals surface area (Å²) in [6.07, 6.45) is 1.96. The van der Waals surface area contributed by atoms with Gasteiger partial charge >= 0.3 is 5.91 Å². The van der Waals surface area contributed by atoms with Crippen LogP contribution < -0.4 is 14.4 Å². The Balaban J connectivity index is 1.49. The number of nitrogens with zero attached hydrogens (tertiary/aromatic N) is 3. The van der Waals surface area contributed by atoms with Gasteiger partial charge < -0.3 is 14.6 Å². The number of ether oxygens (including phenoxy) is 2. The molecule has 2 heterocycles. The van der Waals surface area contributed by atoms with Gasteiger partial charge in [-0.2, -0.15) is 0 Å². The molecule has 1 amide bonds. The third-order valence-electron chi connectivity index (χ3n) is 6.93. The number of amides is 1. The number of hydrogen-bond acceptors (Lipinski definition) is 9. The molecule has 3 aromatic carbocycles. The van der Waals surface area contributed by atoms with Gasteiger partial charge in [0.2, 0.25) is 5.13 Å². The summed E-state index contributed by atoms with van der Waals surface area (Å²) in [5.41, 5.74) is 3.35. The predicted octanol–water partition coefficient (Wildman–Crippen LogP) is 7.34. The third-order valence-corrected chi connectivity index (χ3v) is 9.06. The minimum Gasteiger partial charge on any atom is -0.507 e. The maximum atomic E-state index is 13.6. The first-order chi connectivity index (χ1) is 20.9. The quantitative estimate of drug-likeness (QED) is 0.0441. The fourth-order valence-corrected chi connectivity index (χ4v) is 6.47. The van der Waals surface area contributed by atoms with Crippen molar-refractivity contribution in [1.82, 2.24) is 10.2 Å². The minimum absolute atomic E-state index is 0.0159. The number of carbonyl (C=O) groups excluding carboxylic acids is 2. The second-order valence-electron chi connectivity index (χ2n) is 10.0. The zero-order chi connectivity index (χ0) is 30.3. The van der Waals surface area contributed by atoms with Crippen LogP contribution in [0.1, 0.15) is 55.0 Å². The summed E-state index contributed by atoms with van der Waals surface area (Å²) in [4.78, 5) is 28.4. The van der Waals surface area contributed by atoms with Crippen molar-refractivity contribution in [3.05, 3.63) is 101 Å². The van der Waals surface area contributed by atoms with E-state index in [4.69, 9.17) is 9.47 Å². The maximum Gasteiger partial charge on any atom is 0.301 e. The van der Waals surface area contributed by atoms with Gasteiger partial charge in [-0.25, -0.2) is 0 Å². The lowest BCUT2D eigenvalue weighted by atomic mass is 9.95. The SMILES string of the molecule is CCCCOc1ccc(C2/C(=C(/O)c3ccc(OCC)cc3)C(=O)C(=O)N2c2nnc(SCc3ccc(C)cc3)s2)cc1. The number of aliphatic hydroxyl groups excluding tert-OH is 1. The Morgan fingerprint density at radius 1 is 0.930 bits per heavy atom.